The van der Waals surface area contributed by atoms with Crippen LogP contribution >= 0.6 is 0 Å². The Morgan fingerprint density at radius 2 is 2.00 bits per heavy atom. The third kappa shape index (κ3) is 4.04. The summed E-state index contributed by atoms with van der Waals surface area (Å²) in [6.45, 7) is 3.76. The molecular formula is C17H17FN2O. The van der Waals surface area contributed by atoms with E-state index in [-0.39, 0.29) is 6.61 Å². The van der Waals surface area contributed by atoms with Gasteiger partial charge in [-0.3, -0.25) is 0 Å². The number of nitrogens with zero attached hydrogens (tertiary/aromatic N) is 1. The summed E-state index contributed by atoms with van der Waals surface area (Å²) in [4.78, 5) is 0. The molecule has 0 aromatic heterocycles. The van der Waals surface area contributed by atoms with Gasteiger partial charge in [-0.05, 0) is 24.7 Å². The molecule has 4 heteroatoms. The number of ether oxygens (including phenoxy) is 1. The number of hydrogen-bond donors (Lipinski definition) is 1. The van der Waals surface area contributed by atoms with E-state index in [0.717, 1.165) is 17.9 Å². The molecule has 0 saturated carbocycles. The highest BCUT2D eigenvalue weighted by atomic mass is 19.1. The Morgan fingerprint density at radius 1 is 1.19 bits per heavy atom. The highest BCUT2D eigenvalue weighted by Gasteiger charge is 2.07. The fraction of sp³-hybridized carbons (Fsp3) is 0.235. The van der Waals surface area contributed by atoms with E-state index in [9.17, 15) is 4.39 Å². The van der Waals surface area contributed by atoms with Crippen LogP contribution in [0.2, 0.25) is 0 Å². The van der Waals surface area contributed by atoms with Crippen LogP contribution < -0.4 is 10.1 Å². The van der Waals surface area contributed by atoms with Crippen LogP contribution in [0.15, 0.2) is 42.5 Å². The number of rotatable bonds is 6. The fourth-order valence-corrected chi connectivity index (χ4v) is 1.94. The summed E-state index contributed by atoms with van der Waals surface area (Å²) >= 11 is 0. The van der Waals surface area contributed by atoms with Gasteiger partial charge >= 0.3 is 0 Å². The van der Waals surface area contributed by atoms with Crippen LogP contribution in [-0.4, -0.2) is 6.54 Å². The van der Waals surface area contributed by atoms with Crippen molar-refractivity contribution in [2.45, 2.75) is 20.1 Å². The lowest BCUT2D eigenvalue weighted by Gasteiger charge is -2.12. The molecule has 0 fully saturated rings. The summed E-state index contributed by atoms with van der Waals surface area (Å²) in [6, 6.07) is 14.0. The maximum Gasteiger partial charge on any atom is 0.131 e. The lowest BCUT2D eigenvalue weighted by molar-refractivity contribution is 0.296. The standard InChI is InChI=1S/C17H17FN2O/c1-2-20-11-14-5-3-4-6-17(14)21-12-15-8-7-13(10-19)9-16(15)18/h3-9,20H,2,11-12H2,1H3. The normalized spacial score (nSPS) is 10.1. The Morgan fingerprint density at radius 3 is 2.71 bits per heavy atom. The molecule has 0 amide bonds. The molecule has 0 aliphatic rings. The molecule has 0 saturated heterocycles. The SMILES string of the molecule is CCNCc1ccccc1OCc1ccc(C#N)cc1F. The first-order chi connectivity index (χ1) is 10.2. The molecule has 0 unspecified atom stereocenters. The second-order valence-corrected chi connectivity index (χ2v) is 4.59. The molecule has 1 N–H and O–H groups in total. The Hall–Kier alpha value is -2.38. The minimum atomic E-state index is -0.418. The summed E-state index contributed by atoms with van der Waals surface area (Å²) in [5.74, 6) is 0.320. The first-order valence-corrected chi connectivity index (χ1v) is 6.84. The number of halogens is 1. The first kappa shape index (κ1) is 15.0. The summed E-state index contributed by atoms with van der Waals surface area (Å²) in [7, 11) is 0. The van der Waals surface area contributed by atoms with E-state index in [1.54, 1.807) is 12.1 Å². The maximum absolute atomic E-state index is 13.8. The summed E-state index contributed by atoms with van der Waals surface area (Å²) in [5.41, 5.74) is 1.78. The Balaban J connectivity index is 2.08. The van der Waals surface area contributed by atoms with E-state index in [1.165, 1.54) is 6.07 Å². The fourth-order valence-electron chi connectivity index (χ4n) is 1.94. The Kier molecular flexibility index (Phi) is 5.30. The average molecular weight is 284 g/mol. The quantitative estimate of drug-likeness (QED) is 0.884. The maximum atomic E-state index is 13.8. The number of nitriles is 1. The van der Waals surface area contributed by atoms with Gasteiger partial charge in [0.25, 0.3) is 0 Å². The van der Waals surface area contributed by atoms with Gasteiger partial charge in [-0.2, -0.15) is 5.26 Å². The molecule has 0 radical (unpaired) electrons. The van der Waals surface area contributed by atoms with Crippen LogP contribution in [0, 0.1) is 17.1 Å². The lowest BCUT2D eigenvalue weighted by atomic mass is 10.1. The minimum absolute atomic E-state index is 0.140. The lowest BCUT2D eigenvalue weighted by Crippen LogP contribution is -2.13. The molecule has 0 aliphatic heterocycles. The smallest absolute Gasteiger partial charge is 0.131 e. The zero-order chi connectivity index (χ0) is 15.1. The van der Waals surface area contributed by atoms with E-state index in [1.807, 2.05) is 37.3 Å². The van der Waals surface area contributed by atoms with Gasteiger partial charge in [-0.1, -0.05) is 31.2 Å². The van der Waals surface area contributed by atoms with Crippen LogP contribution in [0.1, 0.15) is 23.6 Å². The van der Waals surface area contributed by atoms with Crippen molar-refractivity contribution < 1.29 is 9.13 Å². The van der Waals surface area contributed by atoms with Crippen LogP contribution in [0.25, 0.3) is 0 Å². The topological polar surface area (TPSA) is 45.0 Å². The zero-order valence-electron chi connectivity index (χ0n) is 11.9. The van der Waals surface area contributed by atoms with E-state index >= 15 is 0 Å². The predicted octanol–water partition coefficient (Wildman–Crippen LogP) is 3.39. The molecule has 108 valence electrons. The third-order valence-corrected chi connectivity index (χ3v) is 3.10. The van der Waals surface area contributed by atoms with E-state index in [2.05, 4.69) is 5.32 Å². The van der Waals surface area contributed by atoms with E-state index in [0.29, 0.717) is 17.7 Å². The number of hydrogen-bond acceptors (Lipinski definition) is 3. The zero-order valence-corrected chi connectivity index (χ0v) is 11.9. The van der Waals surface area contributed by atoms with Gasteiger partial charge in [0, 0.05) is 17.7 Å². The first-order valence-electron chi connectivity index (χ1n) is 6.84. The molecule has 0 atom stereocenters. The van der Waals surface area contributed by atoms with E-state index in [4.69, 9.17) is 10.00 Å². The van der Waals surface area contributed by atoms with Crippen molar-refractivity contribution in [2.24, 2.45) is 0 Å². The highest BCUT2D eigenvalue weighted by molar-refractivity contribution is 5.35. The van der Waals surface area contributed by atoms with Crippen molar-refractivity contribution in [2.75, 3.05) is 6.54 Å². The van der Waals surface area contributed by atoms with E-state index < -0.39 is 5.82 Å². The van der Waals surface area contributed by atoms with Crippen LogP contribution in [0.3, 0.4) is 0 Å². The van der Waals surface area contributed by atoms with Gasteiger partial charge in [0.2, 0.25) is 0 Å². The van der Waals surface area contributed by atoms with Gasteiger partial charge in [0.15, 0.2) is 0 Å². The molecule has 2 rings (SSSR count). The summed E-state index contributed by atoms with van der Waals surface area (Å²) in [5, 5.41) is 12.0. The molecule has 3 nitrogen and oxygen atoms in total. The molecule has 0 heterocycles. The molecule has 2 aromatic rings. The second-order valence-electron chi connectivity index (χ2n) is 4.59. The van der Waals surface area contributed by atoms with Crippen molar-refractivity contribution >= 4 is 0 Å². The van der Waals surface area contributed by atoms with Crippen molar-refractivity contribution in [3.8, 4) is 11.8 Å². The molecule has 0 bridgehead atoms. The van der Waals surface area contributed by atoms with Gasteiger partial charge in [0.05, 0.1) is 11.6 Å². The average Bonchev–Trinajstić information content (AvgIpc) is 2.52. The summed E-state index contributed by atoms with van der Waals surface area (Å²) in [6.07, 6.45) is 0. The van der Waals surface area contributed by atoms with Gasteiger partial charge < -0.3 is 10.1 Å². The monoisotopic (exact) mass is 284 g/mol. The number of para-hydroxylation sites is 1. The molecule has 0 aliphatic carbocycles. The minimum Gasteiger partial charge on any atom is -0.488 e. The van der Waals surface area contributed by atoms with Crippen LogP contribution in [0.4, 0.5) is 4.39 Å². The van der Waals surface area contributed by atoms with Crippen molar-refractivity contribution in [3.63, 3.8) is 0 Å². The largest absolute Gasteiger partial charge is 0.488 e. The molecule has 2 aromatic carbocycles. The number of nitrogens with one attached hydrogen (secondary N) is 1. The van der Waals surface area contributed by atoms with Crippen molar-refractivity contribution in [1.82, 2.24) is 5.32 Å². The van der Waals surface area contributed by atoms with Gasteiger partial charge in [-0.15, -0.1) is 0 Å². The summed E-state index contributed by atoms with van der Waals surface area (Å²) < 4.78 is 19.5. The highest BCUT2D eigenvalue weighted by Crippen LogP contribution is 2.20. The van der Waals surface area contributed by atoms with Gasteiger partial charge in [0.1, 0.15) is 18.2 Å². The van der Waals surface area contributed by atoms with Gasteiger partial charge in [-0.25, -0.2) is 4.39 Å². The molecular weight excluding hydrogens is 267 g/mol. The predicted molar refractivity (Wildman–Crippen MR) is 79.3 cm³/mol. The van der Waals surface area contributed by atoms with Crippen molar-refractivity contribution in [3.05, 3.63) is 65.0 Å². The number of benzene rings is 2. The second kappa shape index (κ2) is 7.41. The van der Waals surface area contributed by atoms with Crippen molar-refractivity contribution in [1.29, 1.82) is 5.26 Å². The Bertz CT molecular complexity index is 649. The molecule has 21 heavy (non-hydrogen) atoms. The molecule has 0 spiro atoms. The van der Waals surface area contributed by atoms with Crippen LogP contribution in [0.5, 0.6) is 5.75 Å². The third-order valence-electron chi connectivity index (χ3n) is 3.10. The Labute approximate surface area is 124 Å². The van der Waals surface area contributed by atoms with Crippen LogP contribution in [-0.2, 0) is 13.2 Å².